The molecule has 0 radical (unpaired) electrons. The van der Waals surface area contributed by atoms with Gasteiger partial charge in [-0.2, -0.15) is 0 Å². The van der Waals surface area contributed by atoms with Crippen molar-refractivity contribution >= 4 is 40.2 Å². The second kappa shape index (κ2) is 10.5. The summed E-state index contributed by atoms with van der Waals surface area (Å²) in [5.41, 5.74) is 2.28. The largest absolute Gasteiger partial charge is 0.480 e. The molecule has 0 amide bonds. The zero-order valence-corrected chi connectivity index (χ0v) is 23.8. The maximum Gasteiger partial charge on any atom is 0.233 e. The Morgan fingerprint density at radius 1 is 1.14 bits per heavy atom. The summed E-state index contributed by atoms with van der Waals surface area (Å²) in [6.45, 7) is 7.70. The fourth-order valence-corrected chi connectivity index (χ4v) is 6.99. The topological polar surface area (TPSA) is 93.1 Å². The summed E-state index contributed by atoms with van der Waals surface area (Å²) in [6, 6.07) is 5.96. The number of aromatic nitrogens is 4. The second-order valence-electron chi connectivity index (χ2n) is 10.5. The monoisotopic (exact) mass is 558 g/mol. The average Bonchev–Trinajstić information content (AvgIpc) is 3.18. The van der Waals surface area contributed by atoms with Gasteiger partial charge in [0.05, 0.1) is 47.0 Å². The molecule has 8 nitrogen and oxygen atoms in total. The van der Waals surface area contributed by atoms with E-state index in [0.29, 0.717) is 10.9 Å². The number of piperidine rings is 1. The first-order valence-corrected chi connectivity index (χ1v) is 14.6. The molecule has 196 valence electrons. The number of halogens is 1. The number of fused-ring (bicyclic) bond motifs is 1. The van der Waals surface area contributed by atoms with Crippen LogP contribution in [0.4, 0.5) is 5.82 Å². The van der Waals surface area contributed by atoms with Crippen LogP contribution >= 0.6 is 23.4 Å². The second-order valence-corrected chi connectivity index (χ2v) is 13.9. The van der Waals surface area contributed by atoms with Crippen LogP contribution in [-0.2, 0) is 17.4 Å². The molecule has 1 aliphatic heterocycles. The summed E-state index contributed by atoms with van der Waals surface area (Å²) < 4.78 is 21.4. The lowest BCUT2D eigenvalue weighted by Gasteiger charge is -2.43. The highest BCUT2D eigenvalue weighted by Crippen LogP contribution is 2.52. The Kier molecular flexibility index (Phi) is 7.46. The Balaban J connectivity index is 1.29. The molecule has 11 heteroatoms. The minimum atomic E-state index is -1.18. The summed E-state index contributed by atoms with van der Waals surface area (Å²) in [5.74, 6) is 1.25. The van der Waals surface area contributed by atoms with E-state index < -0.39 is 11.0 Å². The minimum Gasteiger partial charge on any atom is -0.480 e. The third kappa shape index (κ3) is 5.34. The van der Waals surface area contributed by atoms with E-state index in [1.165, 1.54) is 17.3 Å². The lowest BCUT2D eigenvalue weighted by molar-refractivity contribution is 0.175. The molecule has 1 spiro atoms. The van der Waals surface area contributed by atoms with Crippen LogP contribution < -0.4 is 14.4 Å². The maximum atomic E-state index is 13.1. The van der Waals surface area contributed by atoms with Crippen LogP contribution in [0.3, 0.4) is 0 Å². The molecule has 4 heterocycles. The van der Waals surface area contributed by atoms with E-state index in [1.807, 2.05) is 45.3 Å². The molecule has 3 aromatic heterocycles. The van der Waals surface area contributed by atoms with E-state index in [9.17, 15) is 4.21 Å². The first-order chi connectivity index (χ1) is 17.7. The van der Waals surface area contributed by atoms with Gasteiger partial charge >= 0.3 is 0 Å². The van der Waals surface area contributed by atoms with Crippen LogP contribution in [0.25, 0.3) is 0 Å². The molecule has 1 saturated heterocycles. The van der Waals surface area contributed by atoms with Crippen LogP contribution in [0.5, 0.6) is 5.88 Å². The van der Waals surface area contributed by atoms with Gasteiger partial charge in [-0.1, -0.05) is 29.4 Å². The number of methoxy groups -OCH3 is 1. The van der Waals surface area contributed by atoms with Gasteiger partial charge in [0.2, 0.25) is 5.88 Å². The van der Waals surface area contributed by atoms with Crippen LogP contribution in [-0.4, -0.2) is 49.1 Å². The van der Waals surface area contributed by atoms with Gasteiger partial charge in [0.15, 0.2) is 0 Å². The number of nitrogens with one attached hydrogen (secondary N) is 1. The highest BCUT2D eigenvalue weighted by molar-refractivity contribution is 7.99. The number of ether oxygens (including phenoxy) is 1. The first-order valence-electron chi connectivity index (χ1n) is 12.3. The van der Waals surface area contributed by atoms with Gasteiger partial charge in [-0.15, -0.1) is 0 Å². The van der Waals surface area contributed by atoms with Crippen molar-refractivity contribution in [3.8, 4) is 5.88 Å². The van der Waals surface area contributed by atoms with Crippen LogP contribution in [0.15, 0.2) is 52.9 Å². The van der Waals surface area contributed by atoms with Gasteiger partial charge in [-0.05, 0) is 63.1 Å². The van der Waals surface area contributed by atoms with E-state index in [1.54, 1.807) is 19.5 Å². The predicted molar refractivity (Wildman–Crippen MR) is 148 cm³/mol. The van der Waals surface area contributed by atoms with Gasteiger partial charge in [0, 0.05) is 30.4 Å². The number of hydrogen-bond acceptors (Lipinski definition) is 8. The van der Waals surface area contributed by atoms with Gasteiger partial charge < -0.3 is 9.64 Å². The van der Waals surface area contributed by atoms with Crippen LogP contribution in [0, 0.1) is 5.41 Å². The maximum absolute atomic E-state index is 13.1. The van der Waals surface area contributed by atoms with E-state index in [-0.39, 0.29) is 16.2 Å². The molecule has 2 atom stereocenters. The zero-order chi connectivity index (χ0) is 26.2. The van der Waals surface area contributed by atoms with Gasteiger partial charge in [0.25, 0.3) is 0 Å². The molecule has 1 aliphatic carbocycles. The summed E-state index contributed by atoms with van der Waals surface area (Å²) in [4.78, 5) is 21.2. The molecule has 0 bridgehead atoms. The van der Waals surface area contributed by atoms with Gasteiger partial charge in [-0.25, -0.2) is 23.9 Å². The first kappa shape index (κ1) is 26.3. The number of nitrogens with zero attached hydrogens (tertiary/aromatic N) is 5. The number of anilines is 1. The fraction of sp³-hybridized carbons (Fsp3) is 0.462. The predicted octanol–water partition coefficient (Wildman–Crippen LogP) is 5.02. The number of hydrogen-bond donors (Lipinski definition) is 1. The minimum absolute atomic E-state index is 0.0194. The Hall–Kier alpha value is -2.27. The normalized spacial score (nSPS) is 19.6. The lowest BCUT2D eigenvalue weighted by Crippen LogP contribution is -2.48. The molecule has 1 N–H and O–H groups in total. The summed E-state index contributed by atoms with van der Waals surface area (Å²) in [5, 5.41) is 1.21. The smallest absolute Gasteiger partial charge is 0.233 e. The summed E-state index contributed by atoms with van der Waals surface area (Å²) in [6.07, 6.45) is 9.95. The fourth-order valence-electron chi connectivity index (χ4n) is 5.01. The van der Waals surface area contributed by atoms with Crippen LogP contribution in [0.2, 0.25) is 5.02 Å². The quantitative estimate of drug-likeness (QED) is 0.451. The van der Waals surface area contributed by atoms with E-state index in [0.717, 1.165) is 53.8 Å². The Morgan fingerprint density at radius 3 is 2.59 bits per heavy atom. The van der Waals surface area contributed by atoms with Crippen molar-refractivity contribution in [1.29, 1.82) is 0 Å². The third-order valence-corrected chi connectivity index (χ3v) is 10.1. The molecule has 2 aliphatic rings. The standard InChI is InChI=1S/C26H31ClN6O2S2/c1-25(2,3)37(34)32-23-22-17(6-5-10-28-22)14-26(23)8-12-33(13-9-26)19-15-31-20(16-30-19)36-18-7-11-29-24(35-4)21(18)27/h5-7,10-11,15-16,23,32H,8-9,12-14H2,1-4H3/t23-,37-/m1/s1. The molecule has 5 rings (SSSR count). The van der Waals surface area contributed by atoms with Crippen molar-refractivity contribution in [2.24, 2.45) is 5.41 Å². The van der Waals surface area contributed by atoms with Crippen molar-refractivity contribution in [2.45, 2.75) is 60.7 Å². The highest BCUT2D eigenvalue weighted by Gasteiger charge is 2.49. The van der Waals surface area contributed by atoms with Crippen molar-refractivity contribution < 1.29 is 8.95 Å². The molecular formula is C26H31ClN6O2S2. The third-order valence-electron chi connectivity index (χ3n) is 7.06. The molecule has 0 saturated carbocycles. The Labute approximate surface area is 229 Å². The molecule has 37 heavy (non-hydrogen) atoms. The summed E-state index contributed by atoms with van der Waals surface area (Å²) >= 11 is 7.81. The Bertz CT molecular complexity index is 1290. The lowest BCUT2D eigenvalue weighted by atomic mass is 9.73. The van der Waals surface area contributed by atoms with Crippen molar-refractivity contribution in [3.05, 3.63) is 59.3 Å². The van der Waals surface area contributed by atoms with Gasteiger partial charge in [-0.3, -0.25) is 4.98 Å². The van der Waals surface area contributed by atoms with E-state index in [4.69, 9.17) is 26.3 Å². The van der Waals surface area contributed by atoms with Crippen molar-refractivity contribution in [1.82, 2.24) is 24.7 Å². The van der Waals surface area contributed by atoms with E-state index >= 15 is 0 Å². The van der Waals surface area contributed by atoms with E-state index in [2.05, 4.69) is 25.7 Å². The number of rotatable bonds is 6. The summed E-state index contributed by atoms with van der Waals surface area (Å²) in [7, 11) is 0.365. The molecule has 0 aromatic carbocycles. The highest BCUT2D eigenvalue weighted by atomic mass is 35.5. The van der Waals surface area contributed by atoms with Crippen molar-refractivity contribution in [3.63, 3.8) is 0 Å². The molecular weight excluding hydrogens is 528 g/mol. The average molecular weight is 559 g/mol. The Morgan fingerprint density at radius 2 is 1.92 bits per heavy atom. The zero-order valence-electron chi connectivity index (χ0n) is 21.4. The molecule has 0 unspecified atom stereocenters. The number of pyridine rings is 2. The SMILES string of the molecule is COc1nccc(Sc2cnc(N3CCC4(CC3)Cc3cccnc3[C@H]4N[S@](=O)C(C)(C)C)cn2)c1Cl. The van der Waals surface area contributed by atoms with Gasteiger partial charge in [0.1, 0.15) is 15.9 Å². The van der Waals surface area contributed by atoms with Crippen LogP contribution in [0.1, 0.15) is 50.9 Å². The molecule has 1 fully saturated rings. The molecule has 3 aromatic rings. The van der Waals surface area contributed by atoms with Crippen molar-refractivity contribution in [2.75, 3.05) is 25.1 Å².